The number of tetrazole rings is 1. The SMILES string of the molecule is Cc1ccc(-c2nnn(CC(=O)N(CC(=O)NC3CCCC3)c3cccc(C(F)(F)F)c3)n2)o1. The van der Waals surface area contributed by atoms with Crippen molar-refractivity contribution in [2.45, 2.75) is 51.4 Å². The van der Waals surface area contributed by atoms with Crippen LogP contribution < -0.4 is 10.2 Å². The zero-order valence-corrected chi connectivity index (χ0v) is 18.4. The van der Waals surface area contributed by atoms with Gasteiger partial charge >= 0.3 is 6.18 Å². The molecular weight excluding hydrogens is 453 g/mol. The number of benzene rings is 1. The summed E-state index contributed by atoms with van der Waals surface area (Å²) < 4.78 is 45.2. The van der Waals surface area contributed by atoms with Crippen LogP contribution in [0.15, 0.2) is 40.8 Å². The number of alkyl halides is 3. The smallest absolute Gasteiger partial charge is 0.416 e. The molecule has 12 heteroatoms. The van der Waals surface area contributed by atoms with E-state index in [0.29, 0.717) is 11.5 Å². The van der Waals surface area contributed by atoms with Crippen LogP contribution in [0.2, 0.25) is 0 Å². The number of hydrogen-bond donors (Lipinski definition) is 1. The van der Waals surface area contributed by atoms with Gasteiger partial charge in [-0.3, -0.25) is 9.59 Å². The number of aromatic nitrogens is 4. The number of aryl methyl sites for hydroxylation is 1. The third-order valence-electron chi connectivity index (χ3n) is 5.50. The molecule has 1 N–H and O–H groups in total. The summed E-state index contributed by atoms with van der Waals surface area (Å²) in [7, 11) is 0. The van der Waals surface area contributed by atoms with Gasteiger partial charge in [0, 0.05) is 11.7 Å². The number of nitrogens with one attached hydrogen (secondary N) is 1. The first kappa shape index (κ1) is 23.5. The van der Waals surface area contributed by atoms with Gasteiger partial charge < -0.3 is 14.6 Å². The first-order chi connectivity index (χ1) is 16.2. The fourth-order valence-corrected chi connectivity index (χ4v) is 3.83. The van der Waals surface area contributed by atoms with Crippen molar-refractivity contribution in [3.8, 4) is 11.6 Å². The van der Waals surface area contributed by atoms with E-state index < -0.39 is 36.6 Å². The molecule has 0 aliphatic heterocycles. The Hall–Kier alpha value is -3.70. The van der Waals surface area contributed by atoms with Gasteiger partial charge in [0.05, 0.1) is 5.56 Å². The largest absolute Gasteiger partial charge is 0.458 e. The van der Waals surface area contributed by atoms with Crippen molar-refractivity contribution in [2.75, 3.05) is 11.4 Å². The second-order valence-corrected chi connectivity index (χ2v) is 8.13. The van der Waals surface area contributed by atoms with Gasteiger partial charge in [-0.2, -0.15) is 18.0 Å². The number of rotatable bonds is 7. The maximum absolute atomic E-state index is 13.3. The van der Waals surface area contributed by atoms with Gasteiger partial charge in [-0.25, -0.2) is 0 Å². The molecule has 1 saturated carbocycles. The lowest BCUT2D eigenvalue weighted by Crippen LogP contribution is -2.45. The van der Waals surface area contributed by atoms with Crippen LogP contribution in [0.1, 0.15) is 37.0 Å². The van der Waals surface area contributed by atoms with E-state index in [2.05, 4.69) is 20.7 Å². The van der Waals surface area contributed by atoms with E-state index in [1.165, 1.54) is 12.1 Å². The number of carbonyl (C=O) groups excluding carboxylic acids is 2. The van der Waals surface area contributed by atoms with Crippen LogP contribution in [-0.2, 0) is 22.3 Å². The average Bonchev–Trinajstić information content (AvgIpc) is 3.54. The summed E-state index contributed by atoms with van der Waals surface area (Å²) in [6.45, 7) is 0.885. The maximum atomic E-state index is 13.3. The molecule has 0 saturated heterocycles. The second-order valence-electron chi connectivity index (χ2n) is 8.13. The van der Waals surface area contributed by atoms with Gasteiger partial charge in [0.2, 0.25) is 11.7 Å². The number of carbonyl (C=O) groups is 2. The number of furan rings is 1. The minimum absolute atomic E-state index is 0.00209. The summed E-state index contributed by atoms with van der Waals surface area (Å²) >= 11 is 0. The van der Waals surface area contributed by atoms with Gasteiger partial charge in [-0.05, 0) is 55.3 Å². The molecule has 1 aromatic carbocycles. The lowest BCUT2D eigenvalue weighted by Gasteiger charge is -2.24. The molecular formula is C22H23F3N6O3. The van der Waals surface area contributed by atoms with Gasteiger partial charge in [-0.15, -0.1) is 10.2 Å². The second kappa shape index (κ2) is 9.65. The summed E-state index contributed by atoms with van der Waals surface area (Å²) in [5.41, 5.74) is -0.975. The van der Waals surface area contributed by atoms with Crippen LogP contribution in [0, 0.1) is 6.92 Å². The predicted octanol–water partition coefficient (Wildman–Crippen LogP) is 3.35. The molecule has 1 aliphatic rings. The summed E-state index contributed by atoms with van der Waals surface area (Å²) in [5.74, 6) is 0.0511. The highest BCUT2D eigenvalue weighted by molar-refractivity contribution is 5.98. The minimum atomic E-state index is -4.60. The number of nitrogens with zero attached hydrogens (tertiary/aromatic N) is 5. The van der Waals surface area contributed by atoms with Crippen LogP contribution in [0.25, 0.3) is 11.6 Å². The topological polar surface area (TPSA) is 106 Å². The standard InChI is InChI=1S/C22H23F3N6O3/c1-14-9-10-18(34-14)21-27-29-31(28-21)13-20(33)30(12-19(32)26-16-6-2-3-7-16)17-8-4-5-15(11-17)22(23,24)25/h4-5,8-11,16H,2-3,6-7,12-13H2,1H3,(H,26,32). The first-order valence-electron chi connectivity index (χ1n) is 10.8. The van der Waals surface area contributed by atoms with Crippen LogP contribution in [-0.4, -0.2) is 44.6 Å². The number of hydrogen-bond acceptors (Lipinski definition) is 6. The zero-order valence-electron chi connectivity index (χ0n) is 18.4. The Balaban J connectivity index is 1.55. The Kier molecular flexibility index (Phi) is 6.66. The van der Waals surface area contributed by atoms with E-state index in [4.69, 9.17) is 4.42 Å². The number of halogens is 3. The molecule has 0 radical (unpaired) electrons. The molecule has 0 atom stereocenters. The van der Waals surface area contributed by atoms with E-state index in [0.717, 1.165) is 47.5 Å². The third-order valence-corrected chi connectivity index (χ3v) is 5.50. The Morgan fingerprint density at radius 2 is 1.97 bits per heavy atom. The van der Waals surface area contributed by atoms with Crippen LogP contribution >= 0.6 is 0 Å². The number of anilines is 1. The van der Waals surface area contributed by atoms with Crippen LogP contribution in [0.4, 0.5) is 18.9 Å². The molecule has 34 heavy (non-hydrogen) atoms. The van der Waals surface area contributed by atoms with Crippen LogP contribution in [0.5, 0.6) is 0 Å². The summed E-state index contributed by atoms with van der Waals surface area (Å²) in [6, 6.07) is 7.66. The molecule has 9 nitrogen and oxygen atoms in total. The molecule has 180 valence electrons. The molecule has 0 spiro atoms. The van der Waals surface area contributed by atoms with Crippen molar-refractivity contribution < 1.29 is 27.2 Å². The molecule has 2 aromatic heterocycles. The quantitative estimate of drug-likeness (QED) is 0.561. The van der Waals surface area contributed by atoms with Crippen molar-refractivity contribution in [3.05, 3.63) is 47.7 Å². The molecule has 4 rings (SSSR count). The van der Waals surface area contributed by atoms with Crippen molar-refractivity contribution >= 4 is 17.5 Å². The number of amides is 2. The van der Waals surface area contributed by atoms with Gasteiger partial charge in [-0.1, -0.05) is 18.9 Å². The van der Waals surface area contributed by atoms with Crippen molar-refractivity contribution in [1.82, 2.24) is 25.5 Å². The molecule has 1 fully saturated rings. The highest BCUT2D eigenvalue weighted by Crippen LogP contribution is 2.31. The normalized spacial score (nSPS) is 14.4. The molecule has 2 heterocycles. The van der Waals surface area contributed by atoms with E-state index in [1.807, 2.05) is 0 Å². The monoisotopic (exact) mass is 476 g/mol. The Morgan fingerprint density at radius 3 is 2.65 bits per heavy atom. The fourth-order valence-electron chi connectivity index (χ4n) is 3.83. The maximum Gasteiger partial charge on any atom is 0.416 e. The predicted molar refractivity (Wildman–Crippen MR) is 114 cm³/mol. The fraction of sp³-hybridized carbons (Fsp3) is 0.409. The Bertz CT molecular complexity index is 1170. The van der Waals surface area contributed by atoms with Crippen molar-refractivity contribution in [3.63, 3.8) is 0 Å². The first-order valence-corrected chi connectivity index (χ1v) is 10.8. The van der Waals surface area contributed by atoms with Crippen molar-refractivity contribution in [1.29, 1.82) is 0 Å². The highest BCUT2D eigenvalue weighted by Gasteiger charge is 2.32. The average molecular weight is 476 g/mol. The van der Waals surface area contributed by atoms with Crippen molar-refractivity contribution in [2.24, 2.45) is 0 Å². The third kappa shape index (κ3) is 5.61. The van der Waals surface area contributed by atoms with Gasteiger partial charge in [0.25, 0.3) is 5.91 Å². The molecule has 0 bridgehead atoms. The van der Waals surface area contributed by atoms with E-state index in [1.54, 1.807) is 19.1 Å². The van der Waals surface area contributed by atoms with E-state index >= 15 is 0 Å². The van der Waals surface area contributed by atoms with Crippen LogP contribution in [0.3, 0.4) is 0 Å². The minimum Gasteiger partial charge on any atom is -0.458 e. The molecule has 2 amide bonds. The Morgan fingerprint density at radius 1 is 1.21 bits per heavy atom. The van der Waals surface area contributed by atoms with Gasteiger partial charge in [0.1, 0.15) is 18.8 Å². The summed E-state index contributed by atoms with van der Waals surface area (Å²) in [4.78, 5) is 27.7. The summed E-state index contributed by atoms with van der Waals surface area (Å²) in [5, 5.41) is 14.6. The molecule has 0 unspecified atom stereocenters. The lowest BCUT2D eigenvalue weighted by atomic mass is 10.1. The van der Waals surface area contributed by atoms with Gasteiger partial charge in [0.15, 0.2) is 5.76 Å². The highest BCUT2D eigenvalue weighted by atomic mass is 19.4. The summed E-state index contributed by atoms with van der Waals surface area (Å²) in [6.07, 6.45) is -0.934. The molecule has 1 aliphatic carbocycles. The molecule has 3 aromatic rings. The Labute approximate surface area is 192 Å². The van der Waals surface area contributed by atoms with E-state index in [-0.39, 0.29) is 17.6 Å². The lowest BCUT2D eigenvalue weighted by molar-refractivity contribution is -0.137. The zero-order chi connectivity index (χ0) is 24.3. The van der Waals surface area contributed by atoms with E-state index in [9.17, 15) is 22.8 Å².